The van der Waals surface area contributed by atoms with Crippen molar-refractivity contribution in [1.82, 2.24) is 9.97 Å². The van der Waals surface area contributed by atoms with E-state index in [4.69, 9.17) is 4.74 Å². The van der Waals surface area contributed by atoms with E-state index >= 15 is 0 Å². The number of anilines is 1. The number of aromatic amines is 2. The maximum atomic E-state index is 11.3. The Labute approximate surface area is 122 Å². The summed E-state index contributed by atoms with van der Waals surface area (Å²) in [5.41, 5.74) is 4.71. The summed E-state index contributed by atoms with van der Waals surface area (Å²) >= 11 is 0. The van der Waals surface area contributed by atoms with Gasteiger partial charge in [0.15, 0.2) is 0 Å². The fourth-order valence-corrected chi connectivity index (χ4v) is 2.32. The van der Waals surface area contributed by atoms with Crippen molar-refractivity contribution in [2.24, 2.45) is 0 Å². The lowest BCUT2D eigenvalue weighted by molar-refractivity contribution is 0.414. The van der Waals surface area contributed by atoms with Gasteiger partial charge in [0.1, 0.15) is 5.75 Å². The Morgan fingerprint density at radius 3 is 2.43 bits per heavy atom. The third kappa shape index (κ3) is 2.76. The summed E-state index contributed by atoms with van der Waals surface area (Å²) in [5, 5.41) is 3.39. The molecule has 108 valence electrons. The fourth-order valence-electron chi connectivity index (χ4n) is 2.32. The smallest absolute Gasteiger partial charge is 0.323 e. The molecule has 0 radical (unpaired) electrons. The molecule has 1 aromatic heterocycles. The van der Waals surface area contributed by atoms with E-state index in [1.54, 1.807) is 7.11 Å². The van der Waals surface area contributed by atoms with Crippen LogP contribution in [0.3, 0.4) is 0 Å². The molecule has 5 heteroatoms. The van der Waals surface area contributed by atoms with E-state index < -0.39 is 0 Å². The van der Waals surface area contributed by atoms with Crippen molar-refractivity contribution in [3.8, 4) is 5.75 Å². The van der Waals surface area contributed by atoms with Crippen molar-refractivity contribution in [2.75, 3.05) is 12.4 Å². The number of fused-ring (bicyclic) bond motifs is 1. The first kappa shape index (κ1) is 13.3. The van der Waals surface area contributed by atoms with Gasteiger partial charge >= 0.3 is 5.69 Å². The van der Waals surface area contributed by atoms with Gasteiger partial charge in [0.25, 0.3) is 0 Å². The molecular weight excluding hydrogens is 266 g/mol. The van der Waals surface area contributed by atoms with Gasteiger partial charge in [-0.3, -0.25) is 0 Å². The number of hydrogen-bond acceptors (Lipinski definition) is 3. The zero-order valence-electron chi connectivity index (χ0n) is 12.0. The van der Waals surface area contributed by atoms with Gasteiger partial charge in [-0.2, -0.15) is 0 Å². The molecule has 5 nitrogen and oxygen atoms in total. The Hall–Kier alpha value is -2.69. The van der Waals surface area contributed by atoms with Crippen LogP contribution in [0.5, 0.6) is 5.75 Å². The second kappa shape index (κ2) is 5.36. The number of benzene rings is 2. The molecule has 0 fully saturated rings. The molecule has 0 aliphatic heterocycles. The van der Waals surface area contributed by atoms with E-state index in [1.165, 1.54) is 0 Å². The fraction of sp³-hybridized carbons (Fsp3) is 0.188. The predicted octanol–water partition coefficient (Wildman–Crippen LogP) is 2.79. The van der Waals surface area contributed by atoms with Gasteiger partial charge < -0.3 is 20.0 Å². The Bertz CT molecular complexity index is 816. The van der Waals surface area contributed by atoms with Crippen LogP contribution in [0, 0.1) is 6.92 Å². The molecule has 1 heterocycles. The van der Waals surface area contributed by atoms with Crippen LogP contribution in [0.2, 0.25) is 0 Å². The first-order chi connectivity index (χ1) is 10.2. The van der Waals surface area contributed by atoms with Crippen LogP contribution >= 0.6 is 0 Å². The quantitative estimate of drug-likeness (QED) is 0.689. The summed E-state index contributed by atoms with van der Waals surface area (Å²) < 4.78 is 5.14. The summed E-state index contributed by atoms with van der Waals surface area (Å²) in [6, 6.07) is 11.8. The molecule has 3 N–H and O–H groups in total. The Morgan fingerprint density at radius 2 is 1.76 bits per heavy atom. The molecule has 0 atom stereocenters. The van der Waals surface area contributed by atoms with Crippen molar-refractivity contribution >= 4 is 16.7 Å². The monoisotopic (exact) mass is 283 g/mol. The molecule has 21 heavy (non-hydrogen) atoms. The van der Waals surface area contributed by atoms with E-state index in [2.05, 4.69) is 15.3 Å². The number of nitrogens with one attached hydrogen (secondary N) is 3. The lowest BCUT2D eigenvalue weighted by Crippen LogP contribution is -2.01. The number of aryl methyl sites for hydroxylation is 1. The highest BCUT2D eigenvalue weighted by Crippen LogP contribution is 2.21. The SMILES string of the molecule is COc1ccc(CNc2cc3[nH]c(=O)[nH]c3cc2C)cc1. The van der Waals surface area contributed by atoms with Crippen molar-refractivity contribution in [1.29, 1.82) is 0 Å². The van der Waals surface area contributed by atoms with E-state index in [-0.39, 0.29) is 5.69 Å². The van der Waals surface area contributed by atoms with E-state index in [0.29, 0.717) is 6.54 Å². The number of imidazole rings is 1. The molecule has 3 rings (SSSR count). The number of aromatic nitrogens is 2. The molecule has 0 aliphatic carbocycles. The molecule has 0 saturated carbocycles. The summed E-state index contributed by atoms with van der Waals surface area (Å²) in [6.07, 6.45) is 0. The van der Waals surface area contributed by atoms with Gasteiger partial charge in [-0.15, -0.1) is 0 Å². The second-order valence-corrected chi connectivity index (χ2v) is 4.99. The van der Waals surface area contributed by atoms with Crippen molar-refractivity contribution < 1.29 is 4.74 Å². The highest BCUT2D eigenvalue weighted by molar-refractivity contribution is 5.80. The van der Waals surface area contributed by atoms with E-state index in [9.17, 15) is 4.79 Å². The summed E-state index contributed by atoms with van der Waals surface area (Å²) in [5.74, 6) is 0.848. The average Bonchev–Trinajstić information content (AvgIpc) is 2.84. The molecule has 0 spiro atoms. The molecule has 0 saturated heterocycles. The van der Waals surface area contributed by atoms with E-state index in [0.717, 1.165) is 33.6 Å². The van der Waals surface area contributed by atoms with Gasteiger partial charge in [0, 0.05) is 12.2 Å². The zero-order valence-corrected chi connectivity index (χ0v) is 12.0. The molecule has 0 unspecified atom stereocenters. The van der Waals surface area contributed by atoms with Crippen molar-refractivity contribution in [3.63, 3.8) is 0 Å². The maximum Gasteiger partial charge on any atom is 0.323 e. The number of methoxy groups -OCH3 is 1. The van der Waals surface area contributed by atoms with Crippen LogP contribution in [-0.4, -0.2) is 17.1 Å². The van der Waals surface area contributed by atoms with Gasteiger partial charge in [0.2, 0.25) is 0 Å². The van der Waals surface area contributed by atoms with Crippen LogP contribution in [0.4, 0.5) is 5.69 Å². The summed E-state index contributed by atoms with van der Waals surface area (Å²) in [4.78, 5) is 16.8. The Balaban J connectivity index is 1.80. The zero-order chi connectivity index (χ0) is 14.8. The molecule has 0 amide bonds. The minimum absolute atomic E-state index is 0.184. The van der Waals surface area contributed by atoms with Crippen LogP contribution in [0.1, 0.15) is 11.1 Å². The van der Waals surface area contributed by atoms with Crippen LogP contribution in [0.15, 0.2) is 41.2 Å². The number of rotatable bonds is 4. The molecule has 2 aromatic carbocycles. The number of ether oxygens (including phenoxy) is 1. The Kier molecular flexibility index (Phi) is 3.39. The third-order valence-corrected chi connectivity index (χ3v) is 3.50. The van der Waals surface area contributed by atoms with Crippen LogP contribution in [-0.2, 0) is 6.54 Å². The second-order valence-electron chi connectivity index (χ2n) is 4.99. The van der Waals surface area contributed by atoms with E-state index in [1.807, 2.05) is 43.3 Å². The molecule has 0 bridgehead atoms. The largest absolute Gasteiger partial charge is 0.497 e. The van der Waals surface area contributed by atoms with Crippen LogP contribution in [0.25, 0.3) is 11.0 Å². The highest BCUT2D eigenvalue weighted by Gasteiger charge is 2.04. The molecule has 3 aromatic rings. The summed E-state index contributed by atoms with van der Waals surface area (Å²) in [7, 11) is 1.66. The first-order valence-electron chi connectivity index (χ1n) is 6.75. The highest BCUT2D eigenvalue weighted by atomic mass is 16.5. The molecule has 0 aliphatic rings. The predicted molar refractivity (Wildman–Crippen MR) is 84.0 cm³/mol. The minimum Gasteiger partial charge on any atom is -0.497 e. The first-order valence-corrected chi connectivity index (χ1v) is 6.75. The molecular formula is C16H17N3O2. The number of hydrogen-bond donors (Lipinski definition) is 3. The Morgan fingerprint density at radius 1 is 1.10 bits per heavy atom. The normalized spacial score (nSPS) is 10.8. The topological polar surface area (TPSA) is 69.9 Å². The number of H-pyrrole nitrogens is 2. The lowest BCUT2D eigenvalue weighted by Gasteiger charge is -2.10. The van der Waals surface area contributed by atoms with Gasteiger partial charge in [0.05, 0.1) is 18.1 Å². The van der Waals surface area contributed by atoms with Gasteiger partial charge in [-0.05, 0) is 42.3 Å². The minimum atomic E-state index is -0.184. The standard InChI is InChI=1S/C16H17N3O2/c1-10-7-14-15(19-16(20)18-14)8-13(10)17-9-11-3-5-12(21-2)6-4-11/h3-8,17H,9H2,1-2H3,(H2,18,19,20). The van der Waals surface area contributed by atoms with Crippen molar-refractivity contribution in [2.45, 2.75) is 13.5 Å². The van der Waals surface area contributed by atoms with Gasteiger partial charge in [-0.25, -0.2) is 4.79 Å². The average molecular weight is 283 g/mol. The van der Waals surface area contributed by atoms with Crippen LogP contribution < -0.4 is 15.7 Å². The maximum absolute atomic E-state index is 11.3. The third-order valence-electron chi connectivity index (χ3n) is 3.50. The van der Waals surface area contributed by atoms with Gasteiger partial charge in [-0.1, -0.05) is 12.1 Å². The van der Waals surface area contributed by atoms with Crippen molar-refractivity contribution in [3.05, 3.63) is 58.0 Å². The summed E-state index contributed by atoms with van der Waals surface area (Å²) in [6.45, 7) is 2.73. The lowest BCUT2D eigenvalue weighted by atomic mass is 10.1.